The first-order chi connectivity index (χ1) is 13.2. The van der Waals surface area contributed by atoms with Crippen LogP contribution < -0.4 is 10.2 Å². The van der Waals surface area contributed by atoms with E-state index in [1.54, 1.807) is 55.1 Å². The minimum atomic E-state index is -3.50. The van der Waals surface area contributed by atoms with Gasteiger partial charge >= 0.3 is 0 Å². The SMILES string of the molecule is CCN(CC)S(=O)(=O)c1ccc(C(C)NC(=O)c2ccc(N(C)C)nn2)cc1. The molecule has 0 radical (unpaired) electrons. The molecule has 8 nitrogen and oxygen atoms in total. The Morgan fingerprint density at radius 1 is 1.04 bits per heavy atom. The molecule has 0 fully saturated rings. The van der Waals surface area contributed by atoms with Crippen LogP contribution in [0.5, 0.6) is 0 Å². The van der Waals surface area contributed by atoms with Crippen molar-refractivity contribution < 1.29 is 13.2 Å². The zero-order valence-corrected chi connectivity index (χ0v) is 17.7. The largest absolute Gasteiger partial charge is 0.361 e. The quantitative estimate of drug-likeness (QED) is 0.722. The predicted octanol–water partition coefficient (Wildman–Crippen LogP) is 2.06. The summed E-state index contributed by atoms with van der Waals surface area (Å²) in [5.74, 6) is 0.319. The second-order valence-electron chi connectivity index (χ2n) is 6.52. The molecule has 0 aliphatic heterocycles. The molecule has 1 heterocycles. The molecule has 0 saturated carbocycles. The Hall–Kier alpha value is -2.52. The maximum absolute atomic E-state index is 12.6. The van der Waals surface area contributed by atoms with Crippen LogP contribution in [-0.2, 0) is 10.0 Å². The monoisotopic (exact) mass is 405 g/mol. The molecule has 28 heavy (non-hydrogen) atoms. The van der Waals surface area contributed by atoms with Gasteiger partial charge in [-0.1, -0.05) is 26.0 Å². The summed E-state index contributed by atoms with van der Waals surface area (Å²) >= 11 is 0. The number of carbonyl (C=O) groups excluding carboxylic acids is 1. The second kappa shape index (κ2) is 9.11. The summed E-state index contributed by atoms with van der Waals surface area (Å²) < 4.78 is 26.5. The molecule has 0 bridgehead atoms. The summed E-state index contributed by atoms with van der Waals surface area (Å²) in [7, 11) is 0.189. The van der Waals surface area contributed by atoms with Gasteiger partial charge in [0.1, 0.15) is 0 Å². The fourth-order valence-corrected chi connectivity index (χ4v) is 4.14. The lowest BCUT2D eigenvalue weighted by atomic mass is 10.1. The van der Waals surface area contributed by atoms with Crippen molar-refractivity contribution in [3.63, 3.8) is 0 Å². The Balaban J connectivity index is 2.10. The highest BCUT2D eigenvalue weighted by Crippen LogP contribution is 2.19. The summed E-state index contributed by atoms with van der Waals surface area (Å²) in [5.41, 5.74) is 1.02. The van der Waals surface area contributed by atoms with Crippen molar-refractivity contribution in [1.82, 2.24) is 19.8 Å². The summed E-state index contributed by atoms with van der Waals surface area (Å²) in [6.45, 7) is 6.27. The van der Waals surface area contributed by atoms with Crippen molar-refractivity contribution in [3.05, 3.63) is 47.7 Å². The number of nitrogens with zero attached hydrogens (tertiary/aromatic N) is 4. The van der Waals surface area contributed by atoms with Gasteiger partial charge in [-0.15, -0.1) is 10.2 Å². The highest BCUT2D eigenvalue weighted by atomic mass is 32.2. The van der Waals surface area contributed by atoms with Gasteiger partial charge in [0.15, 0.2) is 11.5 Å². The summed E-state index contributed by atoms with van der Waals surface area (Å²) in [5, 5.41) is 10.8. The van der Waals surface area contributed by atoms with Gasteiger partial charge in [-0.05, 0) is 36.8 Å². The van der Waals surface area contributed by atoms with Gasteiger partial charge in [0.05, 0.1) is 10.9 Å². The molecule has 1 unspecified atom stereocenters. The van der Waals surface area contributed by atoms with Gasteiger partial charge in [-0.3, -0.25) is 4.79 Å². The van der Waals surface area contributed by atoms with Crippen LogP contribution in [0.4, 0.5) is 5.82 Å². The van der Waals surface area contributed by atoms with Crippen molar-refractivity contribution in [2.24, 2.45) is 0 Å². The number of aromatic nitrogens is 2. The van der Waals surface area contributed by atoms with E-state index in [0.717, 1.165) is 5.56 Å². The molecule has 2 rings (SSSR count). The highest BCUT2D eigenvalue weighted by molar-refractivity contribution is 7.89. The Morgan fingerprint density at radius 3 is 2.11 bits per heavy atom. The zero-order valence-electron chi connectivity index (χ0n) is 16.9. The van der Waals surface area contributed by atoms with E-state index in [-0.39, 0.29) is 22.5 Å². The molecular formula is C19H27N5O3S. The number of rotatable bonds is 8. The first kappa shape index (κ1) is 21.8. The fourth-order valence-electron chi connectivity index (χ4n) is 2.68. The Labute approximate surface area is 166 Å². The molecule has 0 aliphatic rings. The molecule has 1 aromatic heterocycles. The van der Waals surface area contributed by atoms with Crippen LogP contribution in [0.2, 0.25) is 0 Å². The number of carbonyl (C=O) groups is 1. The average Bonchev–Trinajstić information content (AvgIpc) is 2.68. The molecule has 0 saturated heterocycles. The van der Waals surface area contributed by atoms with Crippen LogP contribution >= 0.6 is 0 Å². The van der Waals surface area contributed by atoms with E-state index in [4.69, 9.17) is 0 Å². The van der Waals surface area contributed by atoms with Gasteiger partial charge in [-0.25, -0.2) is 8.42 Å². The lowest BCUT2D eigenvalue weighted by Gasteiger charge is -2.19. The molecule has 0 spiro atoms. The van der Waals surface area contributed by atoms with Gasteiger partial charge < -0.3 is 10.2 Å². The van der Waals surface area contributed by atoms with E-state index in [9.17, 15) is 13.2 Å². The minimum Gasteiger partial charge on any atom is -0.361 e. The highest BCUT2D eigenvalue weighted by Gasteiger charge is 2.22. The van der Waals surface area contributed by atoms with Crippen LogP contribution in [0.15, 0.2) is 41.3 Å². The number of nitrogens with one attached hydrogen (secondary N) is 1. The van der Waals surface area contributed by atoms with Gasteiger partial charge in [0, 0.05) is 27.2 Å². The zero-order chi connectivity index (χ0) is 20.9. The number of sulfonamides is 1. The smallest absolute Gasteiger partial charge is 0.272 e. The molecule has 1 aromatic carbocycles. The van der Waals surface area contributed by atoms with Crippen LogP contribution in [0.25, 0.3) is 0 Å². The first-order valence-corrected chi connectivity index (χ1v) is 10.6. The summed E-state index contributed by atoms with van der Waals surface area (Å²) in [6, 6.07) is 9.58. The molecule has 2 aromatic rings. The molecule has 9 heteroatoms. The van der Waals surface area contributed by atoms with Crippen LogP contribution in [0.1, 0.15) is 42.9 Å². The van der Waals surface area contributed by atoms with E-state index in [0.29, 0.717) is 18.9 Å². The maximum atomic E-state index is 12.6. The lowest BCUT2D eigenvalue weighted by Crippen LogP contribution is -2.30. The van der Waals surface area contributed by atoms with Crippen molar-refractivity contribution >= 4 is 21.7 Å². The number of amides is 1. The molecule has 1 N–H and O–H groups in total. The Kier molecular flexibility index (Phi) is 7.09. The van der Waals surface area contributed by atoms with E-state index in [1.165, 1.54) is 4.31 Å². The lowest BCUT2D eigenvalue weighted by molar-refractivity contribution is 0.0934. The average molecular weight is 406 g/mol. The van der Waals surface area contributed by atoms with Crippen molar-refractivity contribution in [1.29, 1.82) is 0 Å². The van der Waals surface area contributed by atoms with Crippen molar-refractivity contribution in [2.75, 3.05) is 32.1 Å². The van der Waals surface area contributed by atoms with Crippen LogP contribution in [-0.4, -0.2) is 56.0 Å². The first-order valence-electron chi connectivity index (χ1n) is 9.12. The standard InChI is InChI=1S/C19H27N5O3S/c1-6-24(7-2)28(26,27)16-10-8-15(9-11-16)14(3)20-19(25)17-12-13-18(22-21-17)23(4)5/h8-14H,6-7H2,1-5H3,(H,20,25). The molecule has 152 valence electrons. The minimum absolute atomic E-state index is 0.221. The van der Waals surface area contributed by atoms with E-state index in [2.05, 4.69) is 15.5 Å². The van der Waals surface area contributed by atoms with E-state index in [1.807, 2.05) is 21.0 Å². The van der Waals surface area contributed by atoms with Gasteiger partial charge in [-0.2, -0.15) is 4.31 Å². The Bertz CT molecular complexity index is 892. The number of hydrogen-bond donors (Lipinski definition) is 1. The maximum Gasteiger partial charge on any atom is 0.272 e. The molecule has 0 aliphatic carbocycles. The van der Waals surface area contributed by atoms with Gasteiger partial charge in [0.25, 0.3) is 5.91 Å². The van der Waals surface area contributed by atoms with Gasteiger partial charge in [0.2, 0.25) is 10.0 Å². The number of benzene rings is 1. The van der Waals surface area contributed by atoms with Crippen LogP contribution in [0.3, 0.4) is 0 Å². The Morgan fingerprint density at radius 2 is 1.64 bits per heavy atom. The number of hydrogen-bond acceptors (Lipinski definition) is 6. The van der Waals surface area contributed by atoms with E-state index < -0.39 is 10.0 Å². The molecular weight excluding hydrogens is 378 g/mol. The number of anilines is 1. The van der Waals surface area contributed by atoms with Crippen LogP contribution in [0, 0.1) is 0 Å². The third-order valence-corrected chi connectivity index (χ3v) is 6.48. The predicted molar refractivity (Wildman–Crippen MR) is 109 cm³/mol. The second-order valence-corrected chi connectivity index (χ2v) is 8.46. The molecule has 1 atom stereocenters. The summed E-state index contributed by atoms with van der Waals surface area (Å²) in [4.78, 5) is 14.4. The summed E-state index contributed by atoms with van der Waals surface area (Å²) in [6.07, 6.45) is 0. The van der Waals surface area contributed by atoms with Crippen molar-refractivity contribution in [3.8, 4) is 0 Å². The normalized spacial score (nSPS) is 12.6. The fraction of sp³-hybridized carbons (Fsp3) is 0.421. The van der Waals surface area contributed by atoms with E-state index >= 15 is 0 Å². The molecule has 1 amide bonds. The topological polar surface area (TPSA) is 95.5 Å². The third-order valence-electron chi connectivity index (χ3n) is 4.41. The van der Waals surface area contributed by atoms with Crippen molar-refractivity contribution in [2.45, 2.75) is 31.7 Å². The third kappa shape index (κ3) is 4.85.